The van der Waals surface area contributed by atoms with Crippen molar-refractivity contribution < 1.29 is 9.50 Å². The van der Waals surface area contributed by atoms with E-state index in [0.29, 0.717) is 53.5 Å². The molecule has 0 aliphatic carbocycles. The zero-order valence-electron chi connectivity index (χ0n) is 18.3. The highest BCUT2D eigenvalue weighted by Crippen LogP contribution is 2.41. The van der Waals surface area contributed by atoms with E-state index >= 15 is 0 Å². The van der Waals surface area contributed by atoms with Gasteiger partial charge in [0.2, 0.25) is 0 Å². The Morgan fingerprint density at radius 2 is 2.09 bits per heavy atom. The molecule has 1 N–H and O–H groups in total. The van der Waals surface area contributed by atoms with Gasteiger partial charge in [-0.1, -0.05) is 6.07 Å². The van der Waals surface area contributed by atoms with Gasteiger partial charge in [-0.25, -0.2) is 23.7 Å². The normalized spacial score (nSPS) is 20.2. The van der Waals surface area contributed by atoms with E-state index in [0.717, 1.165) is 5.82 Å². The average molecular weight is 457 g/mol. The van der Waals surface area contributed by atoms with E-state index in [-0.39, 0.29) is 12.6 Å². The Hall–Kier alpha value is -4.01. The van der Waals surface area contributed by atoms with Crippen molar-refractivity contribution in [2.45, 2.75) is 38.2 Å². The lowest BCUT2D eigenvalue weighted by Gasteiger charge is -2.44. The largest absolute Gasteiger partial charge is 0.382 e. The summed E-state index contributed by atoms with van der Waals surface area (Å²) in [5.74, 6) is 1.43. The third-order valence-electron chi connectivity index (χ3n) is 6.75. The maximum absolute atomic E-state index is 14.1. The van der Waals surface area contributed by atoms with E-state index in [1.54, 1.807) is 23.0 Å². The first-order valence-corrected chi connectivity index (χ1v) is 10.9. The summed E-state index contributed by atoms with van der Waals surface area (Å²) in [6.07, 6.45) is 4.55. The smallest absolute Gasteiger partial charge is 0.183 e. The highest BCUT2D eigenvalue weighted by molar-refractivity contribution is 5.64. The molecule has 170 valence electrons. The fraction of sp³-hybridized carbons (Fsp3) is 0.304. The molecule has 34 heavy (non-hydrogen) atoms. The van der Waals surface area contributed by atoms with Crippen molar-refractivity contribution in [3.63, 3.8) is 0 Å². The second kappa shape index (κ2) is 7.51. The van der Waals surface area contributed by atoms with Crippen LogP contribution >= 0.6 is 0 Å². The number of rotatable bonds is 3. The van der Waals surface area contributed by atoms with Gasteiger partial charge in [0.05, 0.1) is 25.2 Å². The van der Waals surface area contributed by atoms with Crippen LogP contribution in [0, 0.1) is 17.1 Å². The number of hydrogen-bond donors (Lipinski definition) is 1. The van der Waals surface area contributed by atoms with Gasteiger partial charge in [0.25, 0.3) is 0 Å². The number of benzene rings is 1. The fourth-order valence-corrected chi connectivity index (χ4v) is 4.87. The number of fused-ring (bicyclic) bond motifs is 4. The van der Waals surface area contributed by atoms with Crippen molar-refractivity contribution in [2.24, 2.45) is 0 Å². The summed E-state index contributed by atoms with van der Waals surface area (Å²) < 4.78 is 17.5. The van der Waals surface area contributed by atoms with E-state index in [4.69, 9.17) is 5.26 Å². The van der Waals surface area contributed by atoms with Crippen LogP contribution in [0.4, 0.5) is 4.39 Å². The van der Waals surface area contributed by atoms with E-state index in [1.807, 2.05) is 11.6 Å². The number of aromatic nitrogens is 7. The molecule has 0 bridgehead atoms. The number of aliphatic hydroxyl groups is 1. The average Bonchev–Trinajstić information content (AvgIpc) is 3.50. The van der Waals surface area contributed by atoms with Crippen molar-refractivity contribution in [3.05, 3.63) is 65.8 Å². The number of hydrogen-bond acceptors (Lipinski definition) is 8. The van der Waals surface area contributed by atoms with Gasteiger partial charge >= 0.3 is 0 Å². The highest BCUT2D eigenvalue weighted by atomic mass is 19.1. The quantitative estimate of drug-likeness (QED) is 0.494. The molecule has 3 aromatic heterocycles. The molecule has 2 unspecified atom stereocenters. The summed E-state index contributed by atoms with van der Waals surface area (Å²) in [4.78, 5) is 15.2. The van der Waals surface area contributed by atoms with Crippen LogP contribution in [0.5, 0.6) is 0 Å². The maximum atomic E-state index is 14.1. The van der Waals surface area contributed by atoms with Crippen LogP contribution in [-0.2, 0) is 25.2 Å². The van der Waals surface area contributed by atoms with Crippen molar-refractivity contribution in [1.29, 1.82) is 5.26 Å². The van der Waals surface area contributed by atoms with E-state index in [1.165, 1.54) is 24.7 Å². The van der Waals surface area contributed by atoms with Crippen molar-refractivity contribution in [1.82, 2.24) is 39.4 Å². The second-order valence-corrected chi connectivity index (χ2v) is 8.65. The summed E-state index contributed by atoms with van der Waals surface area (Å²) in [7, 11) is 0. The van der Waals surface area contributed by atoms with Gasteiger partial charge in [-0.3, -0.25) is 9.88 Å². The molecule has 0 spiro atoms. The van der Waals surface area contributed by atoms with Gasteiger partial charge in [0, 0.05) is 36.1 Å². The number of halogens is 1. The van der Waals surface area contributed by atoms with Crippen LogP contribution in [-0.4, -0.2) is 57.1 Å². The highest BCUT2D eigenvalue weighted by Gasteiger charge is 2.46. The van der Waals surface area contributed by atoms with Crippen LogP contribution in [0.15, 0.2) is 43.0 Å². The molecule has 6 rings (SSSR count). The molecule has 1 aromatic carbocycles. The Kier molecular flexibility index (Phi) is 4.55. The Labute approximate surface area is 193 Å². The van der Waals surface area contributed by atoms with Crippen LogP contribution in [0.2, 0.25) is 0 Å². The number of pyridine rings is 1. The molecule has 11 heteroatoms. The summed E-state index contributed by atoms with van der Waals surface area (Å²) in [6.45, 7) is 3.89. The Morgan fingerprint density at radius 3 is 2.94 bits per heavy atom. The second-order valence-electron chi connectivity index (χ2n) is 8.65. The molecule has 2 aliphatic heterocycles. The molecule has 0 fully saturated rings. The van der Waals surface area contributed by atoms with Gasteiger partial charge < -0.3 is 5.11 Å². The molecular formula is C23H20FN9O. The molecule has 0 radical (unpaired) electrons. The van der Waals surface area contributed by atoms with Gasteiger partial charge in [0.15, 0.2) is 11.6 Å². The third-order valence-corrected chi connectivity index (χ3v) is 6.75. The SMILES string of the molecule is CC(N1CCn2nc(-c3cncc(C#N)c3)nc2C1)C1(O)Cn2ncnc2-c2cc(F)ccc21. The van der Waals surface area contributed by atoms with Gasteiger partial charge in [-0.2, -0.15) is 15.5 Å². The van der Waals surface area contributed by atoms with Gasteiger partial charge in [-0.15, -0.1) is 0 Å². The van der Waals surface area contributed by atoms with E-state index in [9.17, 15) is 9.50 Å². The third kappa shape index (κ3) is 3.11. The first kappa shape index (κ1) is 20.6. The minimum absolute atomic E-state index is 0.212. The Balaban J connectivity index is 1.32. The fourth-order valence-electron chi connectivity index (χ4n) is 4.87. The molecule has 2 aliphatic rings. The first-order valence-electron chi connectivity index (χ1n) is 10.9. The topological polar surface area (TPSA) is 122 Å². The summed E-state index contributed by atoms with van der Waals surface area (Å²) in [6, 6.07) is 7.87. The number of nitriles is 1. The maximum Gasteiger partial charge on any atom is 0.183 e. The van der Waals surface area contributed by atoms with Gasteiger partial charge in [0.1, 0.15) is 29.6 Å². The summed E-state index contributed by atoms with van der Waals surface area (Å²) in [5.41, 5.74) is 1.00. The monoisotopic (exact) mass is 457 g/mol. The van der Waals surface area contributed by atoms with Crippen LogP contribution < -0.4 is 0 Å². The lowest BCUT2D eigenvalue weighted by Crippen LogP contribution is -2.54. The van der Waals surface area contributed by atoms with Crippen molar-refractivity contribution >= 4 is 0 Å². The number of nitrogens with zero attached hydrogens (tertiary/aromatic N) is 9. The molecule has 10 nitrogen and oxygen atoms in total. The molecule has 0 saturated carbocycles. The zero-order valence-corrected chi connectivity index (χ0v) is 18.3. The Morgan fingerprint density at radius 1 is 1.21 bits per heavy atom. The summed E-state index contributed by atoms with van der Waals surface area (Å²) >= 11 is 0. The first-order chi connectivity index (χ1) is 16.5. The van der Waals surface area contributed by atoms with Gasteiger partial charge in [-0.05, 0) is 30.7 Å². The van der Waals surface area contributed by atoms with Crippen molar-refractivity contribution in [2.75, 3.05) is 6.54 Å². The van der Waals surface area contributed by atoms with Crippen LogP contribution in [0.1, 0.15) is 23.9 Å². The van der Waals surface area contributed by atoms with E-state index in [2.05, 4.69) is 36.1 Å². The zero-order chi connectivity index (χ0) is 23.4. The van der Waals surface area contributed by atoms with E-state index < -0.39 is 11.4 Å². The molecular weight excluding hydrogens is 437 g/mol. The molecule has 0 amide bonds. The molecule has 4 aromatic rings. The molecule has 5 heterocycles. The minimum Gasteiger partial charge on any atom is -0.382 e. The standard InChI is InChI=1S/C23H20FN9O/c1-14(23(34)12-33-22(27-13-28-33)18-7-17(24)2-3-19(18)23)31-4-5-32-20(11-31)29-21(30-32)16-6-15(8-25)9-26-10-16/h2-3,6-7,9-10,13-14,34H,4-5,11-12H2,1H3. The predicted molar refractivity (Wildman–Crippen MR) is 117 cm³/mol. The molecule has 0 saturated heterocycles. The predicted octanol–water partition coefficient (Wildman–Crippen LogP) is 1.71. The Bertz CT molecular complexity index is 1450. The minimum atomic E-state index is -1.31. The summed E-state index contributed by atoms with van der Waals surface area (Å²) in [5, 5.41) is 29.9. The lowest BCUT2D eigenvalue weighted by atomic mass is 9.80. The lowest BCUT2D eigenvalue weighted by molar-refractivity contribution is -0.0708. The van der Waals surface area contributed by atoms with Crippen LogP contribution in [0.3, 0.4) is 0 Å². The van der Waals surface area contributed by atoms with Crippen LogP contribution in [0.25, 0.3) is 22.8 Å². The molecule has 2 atom stereocenters. The van der Waals surface area contributed by atoms with Crippen molar-refractivity contribution in [3.8, 4) is 28.8 Å².